The lowest BCUT2D eigenvalue weighted by Crippen LogP contribution is -2.42. The molecule has 0 aliphatic carbocycles. The van der Waals surface area contributed by atoms with Crippen LogP contribution in [0.15, 0.2) is 23.4 Å². The summed E-state index contributed by atoms with van der Waals surface area (Å²) in [5.41, 5.74) is -0.277. The summed E-state index contributed by atoms with van der Waals surface area (Å²) in [6.07, 6.45) is 3.56. The van der Waals surface area contributed by atoms with Crippen molar-refractivity contribution in [3.63, 3.8) is 0 Å². The average molecular weight is 363 g/mol. The van der Waals surface area contributed by atoms with Gasteiger partial charge in [-0.15, -0.1) is 11.8 Å². The van der Waals surface area contributed by atoms with Gasteiger partial charge in [0.15, 0.2) is 0 Å². The molecule has 2 saturated heterocycles. The van der Waals surface area contributed by atoms with Crippen LogP contribution < -0.4 is 0 Å². The molecule has 136 valence electrons. The van der Waals surface area contributed by atoms with Crippen LogP contribution in [0.25, 0.3) is 0 Å². The first-order chi connectivity index (χ1) is 11.9. The molecule has 3 rings (SSSR count). The van der Waals surface area contributed by atoms with Crippen LogP contribution in [0.2, 0.25) is 0 Å². The Bertz CT molecular complexity index is 681. The smallest absolute Gasteiger partial charge is 0.313 e. The molecule has 1 aromatic rings. The summed E-state index contributed by atoms with van der Waals surface area (Å²) in [7, 11) is 0. The highest BCUT2D eigenvalue weighted by molar-refractivity contribution is 7.98. The summed E-state index contributed by atoms with van der Waals surface area (Å²) in [5.74, 6) is -0.401. The van der Waals surface area contributed by atoms with Gasteiger partial charge in [0, 0.05) is 44.8 Å². The van der Waals surface area contributed by atoms with Crippen LogP contribution in [-0.4, -0.2) is 70.7 Å². The normalized spacial score (nSPS) is 26.2. The van der Waals surface area contributed by atoms with Gasteiger partial charge in [-0.25, -0.2) is 4.98 Å². The zero-order valence-electron chi connectivity index (χ0n) is 14.9. The van der Waals surface area contributed by atoms with Crippen molar-refractivity contribution in [3.8, 4) is 0 Å². The molecule has 0 aromatic carbocycles. The molecule has 6 nitrogen and oxygen atoms in total. The number of nitrogens with zero attached hydrogens (tertiary/aromatic N) is 3. The molecule has 2 aliphatic rings. The number of thioether (sulfide) groups is 1. The third-order valence-electron chi connectivity index (χ3n) is 5.21. The molecule has 0 bridgehead atoms. The Morgan fingerprint density at radius 2 is 2.16 bits per heavy atom. The number of carboxylic acid groups (broad SMARTS) is 1. The SMILES string of the molecule is CSc1ncccc1C(=O)N1C[C@@H]2CN(CC(C)C)C[C@]2(C(=O)O)C1. The number of carbonyl (C=O) groups is 2. The van der Waals surface area contributed by atoms with Crippen LogP contribution in [0, 0.1) is 17.3 Å². The molecule has 25 heavy (non-hydrogen) atoms. The van der Waals surface area contributed by atoms with E-state index in [9.17, 15) is 14.7 Å². The van der Waals surface area contributed by atoms with Crippen LogP contribution >= 0.6 is 11.8 Å². The minimum atomic E-state index is -0.841. The molecule has 0 spiro atoms. The first-order valence-electron chi connectivity index (χ1n) is 8.61. The van der Waals surface area contributed by atoms with Gasteiger partial charge >= 0.3 is 5.97 Å². The Labute approximate surface area is 152 Å². The third-order valence-corrected chi connectivity index (χ3v) is 5.92. The minimum Gasteiger partial charge on any atom is -0.481 e. The standard InChI is InChI=1S/C18H25N3O3S/c1-12(2)7-20-8-13-9-21(11-18(13,10-20)17(23)24)16(22)14-5-4-6-19-15(14)25-3/h4-6,12-13H,7-11H2,1-3H3,(H,23,24)/t13-,18-/m0/s1. The van der Waals surface area contributed by atoms with Gasteiger partial charge in [0.05, 0.1) is 5.56 Å². The van der Waals surface area contributed by atoms with Crippen molar-refractivity contribution in [2.75, 3.05) is 39.0 Å². The summed E-state index contributed by atoms with van der Waals surface area (Å²) in [4.78, 5) is 33.2. The summed E-state index contributed by atoms with van der Waals surface area (Å²) in [6.45, 7) is 7.24. The Kier molecular flexibility index (Phi) is 5.06. The van der Waals surface area contributed by atoms with Gasteiger partial charge in [-0.1, -0.05) is 13.8 Å². The summed E-state index contributed by atoms with van der Waals surface area (Å²) >= 11 is 1.43. The minimum absolute atomic E-state index is 0.0119. The van der Waals surface area contributed by atoms with E-state index in [2.05, 4.69) is 23.7 Å². The molecule has 0 radical (unpaired) electrons. The number of carboxylic acids is 1. The second-order valence-electron chi connectivity index (χ2n) is 7.49. The molecule has 1 aromatic heterocycles. The molecule has 7 heteroatoms. The number of rotatable bonds is 5. The molecule has 1 N–H and O–H groups in total. The quantitative estimate of drug-likeness (QED) is 0.806. The maximum absolute atomic E-state index is 12.9. The number of pyridine rings is 1. The predicted octanol–water partition coefficient (Wildman–Crippen LogP) is 1.92. The lowest BCUT2D eigenvalue weighted by Gasteiger charge is -2.26. The van der Waals surface area contributed by atoms with Crippen molar-refractivity contribution >= 4 is 23.6 Å². The number of carbonyl (C=O) groups excluding carboxylic acids is 1. The van der Waals surface area contributed by atoms with E-state index in [4.69, 9.17) is 0 Å². The van der Waals surface area contributed by atoms with Gasteiger partial charge in [-0.05, 0) is 24.3 Å². The van der Waals surface area contributed by atoms with Crippen molar-refractivity contribution in [3.05, 3.63) is 23.9 Å². The number of aliphatic carboxylic acids is 1. The largest absolute Gasteiger partial charge is 0.481 e. The predicted molar refractivity (Wildman–Crippen MR) is 96.8 cm³/mol. The first kappa shape index (κ1) is 18.2. The molecular formula is C18H25N3O3S. The highest BCUT2D eigenvalue weighted by Crippen LogP contribution is 2.43. The molecule has 2 fully saturated rings. The van der Waals surface area contributed by atoms with Crippen molar-refractivity contribution < 1.29 is 14.7 Å². The van der Waals surface area contributed by atoms with E-state index in [-0.39, 0.29) is 18.4 Å². The Balaban J connectivity index is 1.80. The van der Waals surface area contributed by atoms with Gasteiger partial charge in [0.1, 0.15) is 10.4 Å². The van der Waals surface area contributed by atoms with E-state index in [1.165, 1.54) is 11.8 Å². The monoisotopic (exact) mass is 363 g/mol. The second-order valence-corrected chi connectivity index (χ2v) is 8.29. The molecule has 2 atom stereocenters. The second kappa shape index (κ2) is 6.96. The average Bonchev–Trinajstić information content (AvgIpc) is 3.08. The van der Waals surface area contributed by atoms with Gasteiger partial charge in [0.2, 0.25) is 0 Å². The zero-order chi connectivity index (χ0) is 18.2. The fraction of sp³-hybridized carbons (Fsp3) is 0.611. The van der Waals surface area contributed by atoms with Gasteiger partial charge in [-0.3, -0.25) is 9.59 Å². The fourth-order valence-electron chi connectivity index (χ4n) is 4.17. The van der Waals surface area contributed by atoms with E-state index < -0.39 is 11.4 Å². The first-order valence-corrected chi connectivity index (χ1v) is 9.84. The third kappa shape index (κ3) is 3.27. The van der Waals surface area contributed by atoms with E-state index >= 15 is 0 Å². The fourth-order valence-corrected chi connectivity index (χ4v) is 4.71. The van der Waals surface area contributed by atoms with E-state index in [1.54, 1.807) is 23.2 Å². The molecule has 2 aliphatic heterocycles. The van der Waals surface area contributed by atoms with Crippen molar-refractivity contribution in [1.29, 1.82) is 0 Å². The molecule has 0 saturated carbocycles. The molecule has 0 unspecified atom stereocenters. The topological polar surface area (TPSA) is 73.7 Å². The molecule has 3 heterocycles. The Morgan fingerprint density at radius 1 is 1.40 bits per heavy atom. The van der Waals surface area contributed by atoms with Crippen LogP contribution in [-0.2, 0) is 4.79 Å². The van der Waals surface area contributed by atoms with Crippen molar-refractivity contribution in [2.45, 2.75) is 18.9 Å². The highest BCUT2D eigenvalue weighted by atomic mass is 32.2. The number of hydrogen-bond acceptors (Lipinski definition) is 5. The zero-order valence-corrected chi connectivity index (χ0v) is 15.8. The number of aromatic nitrogens is 1. The number of amides is 1. The lowest BCUT2D eigenvalue weighted by molar-refractivity contribution is -0.148. The van der Waals surface area contributed by atoms with Crippen molar-refractivity contribution in [1.82, 2.24) is 14.8 Å². The Morgan fingerprint density at radius 3 is 2.76 bits per heavy atom. The summed E-state index contributed by atoms with van der Waals surface area (Å²) in [6, 6.07) is 3.52. The lowest BCUT2D eigenvalue weighted by atomic mass is 9.81. The molecular weight excluding hydrogens is 338 g/mol. The maximum Gasteiger partial charge on any atom is 0.313 e. The van der Waals surface area contributed by atoms with E-state index in [0.29, 0.717) is 29.6 Å². The summed E-state index contributed by atoms with van der Waals surface area (Å²) in [5, 5.41) is 10.6. The van der Waals surface area contributed by atoms with Crippen LogP contribution in [0.3, 0.4) is 0 Å². The van der Waals surface area contributed by atoms with Crippen LogP contribution in [0.1, 0.15) is 24.2 Å². The number of fused-ring (bicyclic) bond motifs is 1. The summed E-state index contributed by atoms with van der Waals surface area (Å²) < 4.78 is 0. The van der Waals surface area contributed by atoms with Crippen LogP contribution in [0.4, 0.5) is 0 Å². The number of likely N-dealkylation sites (tertiary alicyclic amines) is 2. The van der Waals surface area contributed by atoms with Gasteiger partial charge in [0.25, 0.3) is 5.91 Å². The van der Waals surface area contributed by atoms with Crippen LogP contribution in [0.5, 0.6) is 0 Å². The highest BCUT2D eigenvalue weighted by Gasteiger charge is 2.58. The Hall–Kier alpha value is -1.60. The van der Waals surface area contributed by atoms with Gasteiger partial charge < -0.3 is 14.9 Å². The maximum atomic E-state index is 12.9. The molecule has 1 amide bonds. The van der Waals surface area contributed by atoms with E-state index in [1.807, 2.05) is 6.26 Å². The van der Waals surface area contributed by atoms with E-state index in [0.717, 1.165) is 13.1 Å². The van der Waals surface area contributed by atoms with Gasteiger partial charge in [-0.2, -0.15) is 0 Å². The van der Waals surface area contributed by atoms with Crippen molar-refractivity contribution in [2.24, 2.45) is 17.3 Å². The number of hydrogen-bond donors (Lipinski definition) is 1.